The van der Waals surface area contributed by atoms with Crippen molar-refractivity contribution in [2.24, 2.45) is 16.3 Å². The number of amidine groups is 1. The van der Waals surface area contributed by atoms with Gasteiger partial charge in [0.05, 0.1) is 0 Å². The summed E-state index contributed by atoms with van der Waals surface area (Å²) in [5, 5.41) is 4.67. The lowest BCUT2D eigenvalue weighted by Crippen LogP contribution is -2.32. The molecule has 0 aromatic rings. The fourth-order valence-electron chi connectivity index (χ4n) is 1.41. The molecular formula is C10H18N2S. The fraction of sp³-hybridized carbons (Fsp3) is 0.900. The molecule has 0 spiro atoms. The second-order valence-corrected chi connectivity index (χ2v) is 6.00. The van der Waals surface area contributed by atoms with Crippen LogP contribution in [0.15, 0.2) is 4.99 Å². The molecule has 1 heterocycles. The van der Waals surface area contributed by atoms with Crippen LogP contribution >= 0.6 is 11.8 Å². The van der Waals surface area contributed by atoms with Crippen LogP contribution in [0, 0.1) is 11.3 Å². The molecule has 2 rings (SSSR count). The molecule has 3 heteroatoms. The molecule has 2 unspecified atom stereocenters. The smallest absolute Gasteiger partial charge is 0.156 e. The van der Waals surface area contributed by atoms with Gasteiger partial charge in [0.2, 0.25) is 0 Å². The maximum atomic E-state index is 4.57. The molecule has 0 saturated heterocycles. The van der Waals surface area contributed by atoms with Gasteiger partial charge in [0.1, 0.15) is 0 Å². The van der Waals surface area contributed by atoms with Gasteiger partial charge in [-0.25, -0.2) is 0 Å². The van der Waals surface area contributed by atoms with Crippen molar-refractivity contribution in [2.75, 3.05) is 12.3 Å². The minimum absolute atomic E-state index is 0.394. The lowest BCUT2D eigenvalue weighted by Gasteiger charge is -2.27. The van der Waals surface area contributed by atoms with Crippen molar-refractivity contribution in [1.29, 1.82) is 0 Å². The average Bonchev–Trinajstić information content (AvgIpc) is 2.72. The molecule has 0 aromatic carbocycles. The Morgan fingerprint density at radius 2 is 2.23 bits per heavy atom. The molecule has 0 radical (unpaired) electrons. The number of aliphatic imine (C=N–C) groups is 1. The van der Waals surface area contributed by atoms with Crippen molar-refractivity contribution >= 4 is 16.9 Å². The molecule has 1 fully saturated rings. The Morgan fingerprint density at radius 3 is 2.69 bits per heavy atom. The normalized spacial score (nSPS) is 36.7. The predicted octanol–water partition coefficient (Wildman–Crippen LogP) is 2.11. The Bertz CT molecular complexity index is 235. The quantitative estimate of drug-likeness (QED) is 0.698. The number of hydrogen-bond donors (Lipinski definition) is 1. The predicted molar refractivity (Wildman–Crippen MR) is 59.2 cm³/mol. The molecule has 13 heavy (non-hydrogen) atoms. The Labute approximate surface area is 84.6 Å². The molecule has 0 bridgehead atoms. The van der Waals surface area contributed by atoms with Gasteiger partial charge in [-0.1, -0.05) is 32.5 Å². The van der Waals surface area contributed by atoms with Crippen molar-refractivity contribution in [3.05, 3.63) is 0 Å². The summed E-state index contributed by atoms with van der Waals surface area (Å²) in [4.78, 5) is 4.57. The first kappa shape index (κ1) is 9.38. The van der Waals surface area contributed by atoms with E-state index in [1.807, 2.05) is 11.8 Å². The Balaban J connectivity index is 1.85. The summed E-state index contributed by atoms with van der Waals surface area (Å²) in [5.74, 6) is 2.05. The van der Waals surface area contributed by atoms with Crippen LogP contribution in [0.1, 0.15) is 27.2 Å². The third-order valence-corrected chi connectivity index (χ3v) is 4.11. The summed E-state index contributed by atoms with van der Waals surface area (Å²) < 4.78 is 0. The maximum absolute atomic E-state index is 4.57. The van der Waals surface area contributed by atoms with Crippen molar-refractivity contribution < 1.29 is 0 Å². The first-order valence-electron chi connectivity index (χ1n) is 5.01. The van der Waals surface area contributed by atoms with E-state index in [4.69, 9.17) is 0 Å². The lowest BCUT2D eigenvalue weighted by atomic mass is 9.97. The third-order valence-electron chi connectivity index (χ3n) is 2.67. The van der Waals surface area contributed by atoms with E-state index < -0.39 is 0 Å². The van der Waals surface area contributed by atoms with E-state index in [2.05, 4.69) is 31.1 Å². The van der Waals surface area contributed by atoms with Gasteiger partial charge in [0.25, 0.3) is 0 Å². The van der Waals surface area contributed by atoms with Gasteiger partial charge in [-0.2, -0.15) is 0 Å². The highest BCUT2D eigenvalue weighted by Crippen LogP contribution is 2.32. The van der Waals surface area contributed by atoms with Crippen LogP contribution in [0.3, 0.4) is 0 Å². The van der Waals surface area contributed by atoms with E-state index in [1.54, 1.807) is 0 Å². The maximum Gasteiger partial charge on any atom is 0.156 e. The van der Waals surface area contributed by atoms with Crippen LogP contribution in [0.2, 0.25) is 0 Å². The summed E-state index contributed by atoms with van der Waals surface area (Å²) in [6.07, 6.45) is 1.32. The van der Waals surface area contributed by atoms with Gasteiger partial charge in [-0.15, -0.1) is 0 Å². The van der Waals surface area contributed by atoms with Crippen molar-refractivity contribution in [1.82, 2.24) is 5.32 Å². The zero-order chi connectivity index (χ0) is 9.47. The Morgan fingerprint density at radius 1 is 1.54 bits per heavy atom. The van der Waals surface area contributed by atoms with Crippen LogP contribution in [0.5, 0.6) is 0 Å². The standard InChI is InChI=1S/C10H18N2S/c1-7-4-8(7)12-9-11-5-10(2,3)6-13-9/h7-8H,4-6H2,1-3H3,(H,11,12). The monoisotopic (exact) mass is 198 g/mol. The molecule has 0 amide bonds. The zero-order valence-electron chi connectivity index (χ0n) is 8.63. The number of nitrogens with zero attached hydrogens (tertiary/aromatic N) is 1. The molecule has 0 aromatic heterocycles. The van der Waals surface area contributed by atoms with Gasteiger partial charge in [-0.05, 0) is 17.8 Å². The third kappa shape index (κ3) is 2.39. The first-order valence-corrected chi connectivity index (χ1v) is 5.99. The van der Waals surface area contributed by atoms with Crippen LogP contribution in [-0.4, -0.2) is 23.5 Å². The van der Waals surface area contributed by atoms with Gasteiger partial charge < -0.3 is 5.32 Å². The van der Waals surface area contributed by atoms with E-state index in [-0.39, 0.29) is 0 Å². The Kier molecular flexibility index (Phi) is 2.30. The van der Waals surface area contributed by atoms with E-state index in [0.717, 1.165) is 12.5 Å². The van der Waals surface area contributed by atoms with Crippen LogP contribution in [0.25, 0.3) is 0 Å². The Hall–Kier alpha value is -0.180. The van der Waals surface area contributed by atoms with Crippen molar-refractivity contribution in [2.45, 2.75) is 33.2 Å². The van der Waals surface area contributed by atoms with E-state index >= 15 is 0 Å². The summed E-state index contributed by atoms with van der Waals surface area (Å²) in [6, 6.07) is 0.715. The lowest BCUT2D eigenvalue weighted by molar-refractivity contribution is 0.436. The van der Waals surface area contributed by atoms with Gasteiger partial charge in [0.15, 0.2) is 5.17 Å². The second-order valence-electron chi connectivity index (χ2n) is 5.04. The largest absolute Gasteiger partial charge is 0.362 e. The molecule has 2 atom stereocenters. The van der Waals surface area contributed by atoms with Crippen LogP contribution < -0.4 is 5.32 Å². The summed E-state index contributed by atoms with van der Waals surface area (Å²) in [7, 11) is 0. The summed E-state index contributed by atoms with van der Waals surface area (Å²) in [6.45, 7) is 7.82. The molecule has 1 N–H and O–H groups in total. The summed E-state index contributed by atoms with van der Waals surface area (Å²) in [5.41, 5.74) is 0.394. The molecule has 2 nitrogen and oxygen atoms in total. The molecule has 1 saturated carbocycles. The minimum atomic E-state index is 0.394. The average molecular weight is 198 g/mol. The number of hydrogen-bond acceptors (Lipinski definition) is 3. The highest BCUT2D eigenvalue weighted by molar-refractivity contribution is 8.13. The van der Waals surface area contributed by atoms with Crippen LogP contribution in [0.4, 0.5) is 0 Å². The molecular weight excluding hydrogens is 180 g/mol. The number of thioether (sulfide) groups is 1. The highest BCUT2D eigenvalue weighted by Gasteiger charge is 2.34. The SMILES string of the molecule is CC1CC1NC1=NCC(C)(C)CS1. The van der Waals surface area contributed by atoms with Crippen molar-refractivity contribution in [3.63, 3.8) is 0 Å². The van der Waals surface area contributed by atoms with E-state index in [0.29, 0.717) is 11.5 Å². The molecule has 74 valence electrons. The van der Waals surface area contributed by atoms with Gasteiger partial charge in [-0.3, -0.25) is 4.99 Å². The molecule has 1 aliphatic heterocycles. The summed E-state index contributed by atoms with van der Waals surface area (Å²) >= 11 is 1.88. The topological polar surface area (TPSA) is 24.4 Å². The first-order chi connectivity index (χ1) is 6.07. The second kappa shape index (κ2) is 3.19. The van der Waals surface area contributed by atoms with Gasteiger partial charge in [0, 0.05) is 18.3 Å². The van der Waals surface area contributed by atoms with Crippen molar-refractivity contribution in [3.8, 4) is 0 Å². The fourth-order valence-corrected chi connectivity index (χ4v) is 2.42. The number of rotatable bonds is 1. The molecule has 1 aliphatic carbocycles. The highest BCUT2D eigenvalue weighted by atomic mass is 32.2. The van der Waals surface area contributed by atoms with E-state index in [1.165, 1.54) is 17.3 Å². The number of nitrogens with one attached hydrogen (secondary N) is 1. The van der Waals surface area contributed by atoms with Gasteiger partial charge >= 0.3 is 0 Å². The van der Waals surface area contributed by atoms with Crippen LogP contribution in [-0.2, 0) is 0 Å². The minimum Gasteiger partial charge on any atom is -0.362 e. The zero-order valence-corrected chi connectivity index (χ0v) is 9.45. The van der Waals surface area contributed by atoms with E-state index in [9.17, 15) is 0 Å². The molecule has 2 aliphatic rings.